The van der Waals surface area contributed by atoms with Gasteiger partial charge in [0.25, 0.3) is 0 Å². The molecule has 0 fully saturated rings. The first-order valence-corrected chi connectivity index (χ1v) is 5.93. The summed E-state index contributed by atoms with van der Waals surface area (Å²) >= 11 is 0. The maximum atomic E-state index is 3.92. The fourth-order valence-electron chi connectivity index (χ4n) is 2.31. The highest BCUT2D eigenvalue weighted by molar-refractivity contribution is 5.20. The Morgan fingerprint density at radius 2 is 2.12 bits per heavy atom. The van der Waals surface area contributed by atoms with Gasteiger partial charge in [-0.3, -0.25) is 4.90 Å². The highest BCUT2D eigenvalue weighted by Gasteiger charge is 2.21. The molecule has 1 aliphatic heterocycles. The van der Waals surface area contributed by atoms with E-state index in [4.69, 9.17) is 0 Å². The minimum atomic E-state index is 0.379. The van der Waals surface area contributed by atoms with E-state index in [-0.39, 0.29) is 0 Å². The van der Waals surface area contributed by atoms with Gasteiger partial charge in [0.2, 0.25) is 0 Å². The monoisotopic (exact) mass is 213 g/mol. The Labute approximate surface area is 98.1 Å². The molecule has 2 rings (SSSR count). The molecular weight excluding hydrogens is 194 g/mol. The third kappa shape index (κ3) is 2.25. The van der Waals surface area contributed by atoms with E-state index in [0.29, 0.717) is 12.1 Å². The molecule has 1 aromatic carbocycles. The average Bonchev–Trinajstić information content (AvgIpc) is 2.39. The maximum Gasteiger partial charge on any atom is 0.0465 e. The molecule has 0 N–H and O–H groups in total. The summed E-state index contributed by atoms with van der Waals surface area (Å²) in [5, 5.41) is 0. The summed E-state index contributed by atoms with van der Waals surface area (Å²) in [7, 11) is 0. The Hall–Kier alpha value is -1.34. The number of hydrogen-bond donors (Lipinski definition) is 0. The van der Waals surface area contributed by atoms with E-state index < -0.39 is 0 Å². The van der Waals surface area contributed by atoms with Crippen LogP contribution in [0.4, 0.5) is 0 Å². The summed E-state index contributed by atoms with van der Waals surface area (Å²) in [4.78, 5) is 2.49. The molecule has 0 amide bonds. The average molecular weight is 213 g/mol. The van der Waals surface area contributed by atoms with Crippen LogP contribution in [0.5, 0.6) is 0 Å². The largest absolute Gasteiger partial charge is 0.286 e. The van der Waals surface area contributed by atoms with Gasteiger partial charge >= 0.3 is 0 Å². The molecule has 0 saturated carbocycles. The van der Waals surface area contributed by atoms with Crippen molar-refractivity contribution in [3.8, 4) is 0 Å². The van der Waals surface area contributed by atoms with Gasteiger partial charge in [0, 0.05) is 18.6 Å². The predicted octanol–water partition coefficient (Wildman–Crippen LogP) is 3.56. The lowest BCUT2D eigenvalue weighted by atomic mass is 10.0. The van der Waals surface area contributed by atoms with Crippen molar-refractivity contribution in [1.82, 2.24) is 4.90 Å². The summed E-state index contributed by atoms with van der Waals surface area (Å²) in [6, 6.07) is 11.5. The zero-order chi connectivity index (χ0) is 11.4. The van der Waals surface area contributed by atoms with Crippen LogP contribution in [0.2, 0.25) is 0 Å². The van der Waals surface area contributed by atoms with Gasteiger partial charge in [-0.1, -0.05) is 48.6 Å². The van der Waals surface area contributed by atoms with Crippen LogP contribution in [0.25, 0.3) is 0 Å². The van der Waals surface area contributed by atoms with Crippen LogP contribution >= 0.6 is 0 Å². The van der Waals surface area contributed by atoms with Gasteiger partial charge in [0.1, 0.15) is 0 Å². The second-order valence-corrected chi connectivity index (χ2v) is 4.27. The van der Waals surface area contributed by atoms with Crippen molar-refractivity contribution in [2.75, 3.05) is 6.54 Å². The number of rotatable bonds is 3. The zero-order valence-corrected chi connectivity index (χ0v) is 9.84. The minimum Gasteiger partial charge on any atom is -0.286 e. The number of hydrogen-bond acceptors (Lipinski definition) is 1. The van der Waals surface area contributed by atoms with Crippen molar-refractivity contribution >= 4 is 0 Å². The van der Waals surface area contributed by atoms with Crippen molar-refractivity contribution in [3.05, 3.63) is 60.7 Å². The van der Waals surface area contributed by atoms with Crippen molar-refractivity contribution in [2.24, 2.45) is 0 Å². The maximum absolute atomic E-state index is 3.92. The van der Waals surface area contributed by atoms with Crippen molar-refractivity contribution in [3.63, 3.8) is 0 Å². The van der Waals surface area contributed by atoms with E-state index in [0.717, 1.165) is 13.0 Å². The predicted molar refractivity (Wildman–Crippen MR) is 69.3 cm³/mol. The van der Waals surface area contributed by atoms with Crippen LogP contribution < -0.4 is 0 Å². The molecule has 1 nitrogen and oxygen atoms in total. The lowest BCUT2D eigenvalue weighted by molar-refractivity contribution is 0.192. The molecule has 1 aliphatic rings. The van der Waals surface area contributed by atoms with Gasteiger partial charge in [-0.25, -0.2) is 0 Å². The van der Waals surface area contributed by atoms with Crippen molar-refractivity contribution < 1.29 is 0 Å². The van der Waals surface area contributed by atoms with E-state index >= 15 is 0 Å². The molecule has 0 aromatic heterocycles. The first-order valence-electron chi connectivity index (χ1n) is 5.93. The standard InChI is InChI=1S/C15H19N/c1-3-15-11-7-8-12-16(15)13(2)14-9-5-4-6-10-14/h3-7,9-11,13,15H,1,8,12H2,2H3/t13-,15-/m0/s1. The molecule has 84 valence electrons. The van der Waals surface area contributed by atoms with Gasteiger partial charge in [0.15, 0.2) is 0 Å². The Bertz CT molecular complexity index is 366. The van der Waals surface area contributed by atoms with Crippen LogP contribution in [-0.4, -0.2) is 17.5 Å². The quantitative estimate of drug-likeness (QED) is 0.694. The third-order valence-electron chi connectivity index (χ3n) is 3.29. The second kappa shape index (κ2) is 5.13. The van der Waals surface area contributed by atoms with E-state index in [9.17, 15) is 0 Å². The molecule has 1 aromatic rings. The first kappa shape index (κ1) is 11.2. The Morgan fingerprint density at radius 3 is 2.81 bits per heavy atom. The summed E-state index contributed by atoms with van der Waals surface area (Å²) in [6.45, 7) is 7.30. The van der Waals surface area contributed by atoms with Gasteiger partial charge in [-0.15, -0.1) is 6.58 Å². The lowest BCUT2D eigenvalue weighted by Gasteiger charge is -2.35. The molecule has 1 heteroatoms. The van der Waals surface area contributed by atoms with E-state index in [1.165, 1.54) is 5.56 Å². The molecule has 2 atom stereocenters. The van der Waals surface area contributed by atoms with Crippen LogP contribution in [0.1, 0.15) is 24.9 Å². The second-order valence-electron chi connectivity index (χ2n) is 4.27. The molecule has 16 heavy (non-hydrogen) atoms. The Morgan fingerprint density at radius 1 is 1.38 bits per heavy atom. The summed E-state index contributed by atoms with van der Waals surface area (Å²) in [6.07, 6.45) is 7.66. The van der Waals surface area contributed by atoms with Crippen LogP contribution in [-0.2, 0) is 0 Å². The molecule has 0 saturated heterocycles. The first-order chi connectivity index (χ1) is 7.83. The smallest absolute Gasteiger partial charge is 0.0465 e. The Kier molecular flexibility index (Phi) is 3.58. The van der Waals surface area contributed by atoms with E-state index in [2.05, 4.69) is 60.9 Å². The molecule has 0 unspecified atom stereocenters. The topological polar surface area (TPSA) is 3.24 Å². The van der Waals surface area contributed by atoms with Crippen molar-refractivity contribution in [1.29, 1.82) is 0 Å². The fourth-order valence-corrected chi connectivity index (χ4v) is 2.31. The summed E-state index contributed by atoms with van der Waals surface area (Å²) < 4.78 is 0. The van der Waals surface area contributed by atoms with E-state index in [1.54, 1.807) is 0 Å². The Balaban J connectivity index is 2.18. The molecule has 0 aliphatic carbocycles. The molecule has 0 radical (unpaired) electrons. The highest BCUT2D eigenvalue weighted by Crippen LogP contribution is 2.25. The SMILES string of the molecule is C=C[C@H]1C=CCCN1[C@@H](C)c1ccccc1. The summed E-state index contributed by atoms with van der Waals surface area (Å²) in [5.41, 5.74) is 1.38. The normalized spacial score (nSPS) is 22.9. The molecule has 1 heterocycles. The molecule has 0 spiro atoms. The third-order valence-corrected chi connectivity index (χ3v) is 3.29. The number of nitrogens with zero attached hydrogens (tertiary/aromatic N) is 1. The van der Waals surface area contributed by atoms with Crippen molar-refractivity contribution in [2.45, 2.75) is 25.4 Å². The van der Waals surface area contributed by atoms with Crippen LogP contribution in [0.15, 0.2) is 55.1 Å². The molecule has 0 bridgehead atoms. The summed E-state index contributed by atoms with van der Waals surface area (Å²) in [5.74, 6) is 0. The van der Waals surface area contributed by atoms with Crippen LogP contribution in [0.3, 0.4) is 0 Å². The number of benzene rings is 1. The highest BCUT2D eigenvalue weighted by atomic mass is 15.2. The van der Waals surface area contributed by atoms with Gasteiger partial charge in [-0.05, 0) is 18.9 Å². The molecular formula is C15H19N. The minimum absolute atomic E-state index is 0.379. The lowest BCUT2D eigenvalue weighted by Crippen LogP contribution is -2.37. The van der Waals surface area contributed by atoms with Gasteiger partial charge < -0.3 is 0 Å². The zero-order valence-electron chi connectivity index (χ0n) is 9.84. The van der Waals surface area contributed by atoms with Gasteiger partial charge in [0.05, 0.1) is 0 Å². The van der Waals surface area contributed by atoms with Gasteiger partial charge in [-0.2, -0.15) is 0 Å². The fraction of sp³-hybridized carbons (Fsp3) is 0.333. The van der Waals surface area contributed by atoms with E-state index in [1.807, 2.05) is 6.08 Å². The van der Waals surface area contributed by atoms with Crippen LogP contribution in [0, 0.1) is 0 Å².